The Bertz CT molecular complexity index is 425. The average molecular weight is 320 g/mol. The van der Waals surface area contributed by atoms with Crippen molar-refractivity contribution in [3.05, 3.63) is 12.2 Å². The number of hydrogen-bond donors (Lipinski definition) is 2. The van der Waals surface area contributed by atoms with Gasteiger partial charge >= 0.3 is 11.9 Å². The standard InChI is InChI=1S/C13H22NO6P/c1-14(2,3)7-9-21(19)11(6-8-15)10-20-13(18)5-4-12(16)17/h4-5,15H,6-10H2,1-3H3/p+1/b5-4+. The van der Waals surface area contributed by atoms with Gasteiger partial charge in [-0.05, 0) is 0 Å². The third-order valence-corrected chi connectivity index (χ3v) is 4.13. The number of quaternary nitrogens is 1. The van der Waals surface area contributed by atoms with Crippen molar-refractivity contribution in [2.75, 3.05) is 47.1 Å². The Morgan fingerprint density at radius 3 is 2.38 bits per heavy atom. The van der Waals surface area contributed by atoms with Gasteiger partial charge < -0.3 is 24.3 Å². The maximum atomic E-state index is 12.1. The van der Waals surface area contributed by atoms with Crippen LogP contribution in [0.15, 0.2) is 12.2 Å². The molecule has 0 aromatic heterocycles. The Morgan fingerprint density at radius 1 is 1.29 bits per heavy atom. The van der Waals surface area contributed by atoms with Crippen LogP contribution in [-0.4, -0.2) is 79.0 Å². The fourth-order valence-corrected chi connectivity index (χ4v) is 2.94. The number of carboxylic acids is 1. The molecule has 0 rings (SSSR count). The number of rotatable bonds is 9. The van der Waals surface area contributed by atoms with E-state index in [1.54, 1.807) is 0 Å². The molecule has 2 N–H and O–H groups in total. The van der Waals surface area contributed by atoms with Crippen molar-refractivity contribution >= 4 is 25.0 Å². The molecule has 0 aromatic rings. The Morgan fingerprint density at radius 2 is 1.90 bits per heavy atom. The first-order valence-electron chi connectivity index (χ1n) is 6.44. The fraction of sp³-hybridized carbons (Fsp3) is 0.615. The number of carbonyl (C=O) groups is 2. The first kappa shape index (κ1) is 19.7. The number of hydrogen-bond acceptors (Lipinski definition) is 5. The summed E-state index contributed by atoms with van der Waals surface area (Å²) in [6, 6.07) is 0. The molecule has 21 heavy (non-hydrogen) atoms. The molecular formula is C13H23NO6P+. The second kappa shape index (κ2) is 9.63. The lowest BCUT2D eigenvalue weighted by molar-refractivity contribution is -0.867. The van der Waals surface area contributed by atoms with Gasteiger partial charge in [-0.3, -0.25) is 0 Å². The van der Waals surface area contributed by atoms with Crippen LogP contribution in [0, 0.1) is 0 Å². The van der Waals surface area contributed by atoms with E-state index >= 15 is 0 Å². The van der Waals surface area contributed by atoms with Gasteiger partial charge in [0.2, 0.25) is 0 Å². The summed E-state index contributed by atoms with van der Waals surface area (Å²) in [7, 11) is 4.24. The van der Waals surface area contributed by atoms with Crippen molar-refractivity contribution in [1.82, 2.24) is 0 Å². The molecule has 1 unspecified atom stereocenters. The van der Waals surface area contributed by atoms with Crippen molar-refractivity contribution in [3.8, 4) is 0 Å². The first-order chi connectivity index (χ1) is 9.65. The molecule has 0 aliphatic carbocycles. The van der Waals surface area contributed by atoms with Crippen LogP contribution >= 0.6 is 7.77 Å². The van der Waals surface area contributed by atoms with Crippen molar-refractivity contribution in [1.29, 1.82) is 0 Å². The molecule has 0 bridgehead atoms. The van der Waals surface area contributed by atoms with Gasteiger partial charge in [0.05, 0.1) is 35.5 Å². The van der Waals surface area contributed by atoms with E-state index in [9.17, 15) is 14.5 Å². The highest BCUT2D eigenvalue weighted by atomic mass is 31.1. The summed E-state index contributed by atoms with van der Waals surface area (Å²) in [5.41, 5.74) is 0. The van der Waals surface area contributed by atoms with Gasteiger partial charge in [-0.15, -0.1) is 0 Å². The molecule has 0 amide bonds. The molecule has 8 heteroatoms. The Hall–Kier alpha value is -1.27. The SMILES string of the molecule is C[N+](C)(C)CC/[P+]([O-])=C(/CCO)COC(=O)/C=C/C(=O)O. The van der Waals surface area contributed by atoms with E-state index in [1.807, 2.05) is 21.1 Å². The van der Waals surface area contributed by atoms with E-state index in [-0.39, 0.29) is 19.6 Å². The van der Waals surface area contributed by atoms with Gasteiger partial charge in [0, 0.05) is 18.6 Å². The molecule has 0 radical (unpaired) electrons. The molecular weight excluding hydrogens is 297 g/mol. The second-order valence-corrected chi connectivity index (χ2v) is 7.27. The van der Waals surface area contributed by atoms with Crippen LogP contribution in [0.1, 0.15) is 6.42 Å². The summed E-state index contributed by atoms with van der Waals surface area (Å²) in [6.45, 7) is 0.343. The van der Waals surface area contributed by atoms with Crippen molar-refractivity contribution in [2.45, 2.75) is 6.42 Å². The van der Waals surface area contributed by atoms with E-state index in [2.05, 4.69) is 0 Å². The van der Waals surface area contributed by atoms with Gasteiger partial charge in [-0.2, -0.15) is 0 Å². The Balaban J connectivity index is 4.60. The van der Waals surface area contributed by atoms with E-state index in [1.165, 1.54) is 0 Å². The third kappa shape index (κ3) is 11.1. The van der Waals surface area contributed by atoms with Gasteiger partial charge in [-0.25, -0.2) is 9.59 Å². The topological polar surface area (TPSA) is 107 Å². The molecule has 0 spiro atoms. The highest BCUT2D eigenvalue weighted by Gasteiger charge is 2.16. The highest BCUT2D eigenvalue weighted by molar-refractivity contribution is 7.51. The molecule has 0 aliphatic heterocycles. The van der Waals surface area contributed by atoms with Gasteiger partial charge in [-0.1, -0.05) is 0 Å². The molecule has 0 saturated heterocycles. The minimum absolute atomic E-state index is 0.171. The summed E-state index contributed by atoms with van der Waals surface area (Å²) >= 11 is 0. The number of carbonyl (C=O) groups excluding carboxylic acids is 1. The number of aliphatic hydroxyl groups is 1. The first-order valence-corrected chi connectivity index (χ1v) is 7.88. The number of nitrogens with zero attached hydrogens (tertiary/aromatic N) is 1. The third-order valence-electron chi connectivity index (χ3n) is 2.47. The smallest absolute Gasteiger partial charge is 0.331 e. The summed E-state index contributed by atoms with van der Waals surface area (Å²) in [6.07, 6.45) is 2.10. The maximum absolute atomic E-state index is 12.1. The van der Waals surface area contributed by atoms with Gasteiger partial charge in [0.15, 0.2) is 12.8 Å². The van der Waals surface area contributed by atoms with Crippen LogP contribution in [0.2, 0.25) is 0 Å². The lowest BCUT2D eigenvalue weighted by atomic mass is 10.3. The molecule has 120 valence electrons. The Labute approximate surface area is 125 Å². The molecule has 0 aromatic carbocycles. The predicted octanol–water partition coefficient (Wildman–Crippen LogP) is -0.811. The summed E-state index contributed by atoms with van der Waals surface area (Å²) in [5.74, 6) is -2.07. The second-order valence-electron chi connectivity index (χ2n) is 5.44. The Kier molecular flexibility index (Phi) is 9.05. The van der Waals surface area contributed by atoms with Crippen LogP contribution in [-0.2, 0) is 14.3 Å². The van der Waals surface area contributed by atoms with E-state index in [0.29, 0.717) is 28.6 Å². The largest absolute Gasteiger partial charge is 0.630 e. The summed E-state index contributed by atoms with van der Waals surface area (Å²) in [5, 5.41) is 17.8. The van der Waals surface area contributed by atoms with Crippen LogP contribution in [0.3, 0.4) is 0 Å². The summed E-state index contributed by atoms with van der Waals surface area (Å²) < 4.78 is 5.50. The lowest BCUT2D eigenvalue weighted by Crippen LogP contribution is -2.37. The van der Waals surface area contributed by atoms with Crippen molar-refractivity contribution in [2.24, 2.45) is 0 Å². The number of esters is 1. The minimum Gasteiger partial charge on any atom is -0.630 e. The lowest BCUT2D eigenvalue weighted by Gasteiger charge is -2.22. The normalized spacial score (nSPS) is 13.2. The molecule has 0 aliphatic rings. The molecule has 0 saturated carbocycles. The van der Waals surface area contributed by atoms with E-state index in [4.69, 9.17) is 14.9 Å². The quantitative estimate of drug-likeness (QED) is 0.249. The maximum Gasteiger partial charge on any atom is 0.331 e. The zero-order valence-electron chi connectivity index (χ0n) is 12.6. The molecule has 0 fully saturated rings. The van der Waals surface area contributed by atoms with Gasteiger partial charge in [0.25, 0.3) is 0 Å². The minimum atomic E-state index is -1.69. The van der Waals surface area contributed by atoms with Crippen LogP contribution in [0.25, 0.3) is 0 Å². The zero-order valence-corrected chi connectivity index (χ0v) is 13.5. The fourth-order valence-electron chi connectivity index (χ4n) is 1.29. The van der Waals surface area contributed by atoms with Crippen molar-refractivity contribution in [3.63, 3.8) is 0 Å². The molecule has 0 heterocycles. The number of aliphatic hydroxyl groups excluding tert-OH is 1. The van der Waals surface area contributed by atoms with E-state index < -0.39 is 19.7 Å². The molecule has 7 nitrogen and oxygen atoms in total. The van der Waals surface area contributed by atoms with Gasteiger partial charge in [0.1, 0.15) is 11.8 Å². The highest BCUT2D eigenvalue weighted by Crippen LogP contribution is 2.17. The average Bonchev–Trinajstić information content (AvgIpc) is 2.37. The molecule has 1 atom stereocenters. The number of ether oxygens (including phenoxy) is 1. The zero-order chi connectivity index (χ0) is 16.5. The van der Waals surface area contributed by atoms with Crippen LogP contribution in [0.4, 0.5) is 0 Å². The number of aliphatic carboxylic acids is 1. The van der Waals surface area contributed by atoms with Crippen LogP contribution in [0.5, 0.6) is 0 Å². The van der Waals surface area contributed by atoms with Crippen molar-refractivity contribution < 1.29 is 33.9 Å². The number of carboxylic acid groups (broad SMARTS) is 1. The summed E-state index contributed by atoms with van der Waals surface area (Å²) in [4.78, 5) is 33.6. The van der Waals surface area contributed by atoms with Crippen LogP contribution < -0.4 is 4.89 Å². The van der Waals surface area contributed by atoms with E-state index in [0.717, 1.165) is 6.08 Å². The predicted molar refractivity (Wildman–Crippen MR) is 79.1 cm³/mol. The monoisotopic (exact) mass is 320 g/mol.